The van der Waals surface area contributed by atoms with Crippen molar-refractivity contribution in [3.05, 3.63) is 6.07 Å². The standard InChI is InChI=1S/C14H22N4O4/c1-21-7-5-14(12(19)20)4-3-6-18(9-14)10-8-11(22-2)17-13(15)16-10/h8H,3-7,9H2,1-2H3,(H,19,20)(H2,15,16,17)/t14-/m1/s1. The molecule has 1 aromatic rings. The highest BCUT2D eigenvalue weighted by Crippen LogP contribution is 2.36. The SMILES string of the molecule is COCC[C@]1(C(=O)O)CCCN(c2cc(OC)nc(N)n2)C1. The summed E-state index contributed by atoms with van der Waals surface area (Å²) in [5.74, 6) is 0.263. The van der Waals surface area contributed by atoms with Crippen LogP contribution >= 0.6 is 0 Å². The average molecular weight is 310 g/mol. The predicted octanol–water partition coefficient (Wildman–Crippen LogP) is 0.775. The fourth-order valence-corrected chi connectivity index (χ4v) is 2.81. The molecule has 22 heavy (non-hydrogen) atoms. The molecule has 2 heterocycles. The maximum absolute atomic E-state index is 11.8. The highest BCUT2D eigenvalue weighted by Gasteiger charge is 2.42. The average Bonchev–Trinajstić information content (AvgIpc) is 2.52. The van der Waals surface area contributed by atoms with Crippen LogP contribution in [-0.2, 0) is 9.53 Å². The van der Waals surface area contributed by atoms with Crippen LogP contribution in [0.15, 0.2) is 6.07 Å². The highest BCUT2D eigenvalue weighted by molar-refractivity contribution is 5.76. The van der Waals surface area contributed by atoms with Gasteiger partial charge in [0.25, 0.3) is 0 Å². The predicted molar refractivity (Wildman–Crippen MR) is 81.0 cm³/mol. The van der Waals surface area contributed by atoms with Gasteiger partial charge < -0.3 is 25.2 Å². The van der Waals surface area contributed by atoms with E-state index in [4.69, 9.17) is 15.2 Å². The van der Waals surface area contributed by atoms with Gasteiger partial charge in [0, 0.05) is 32.9 Å². The zero-order chi connectivity index (χ0) is 16.2. The summed E-state index contributed by atoms with van der Waals surface area (Å²) in [5.41, 5.74) is 4.85. The number of ether oxygens (including phenoxy) is 2. The Kier molecular flexibility index (Phi) is 5.02. The van der Waals surface area contributed by atoms with Crippen LogP contribution in [0.1, 0.15) is 19.3 Å². The van der Waals surface area contributed by atoms with Gasteiger partial charge in [-0.05, 0) is 19.3 Å². The maximum atomic E-state index is 11.8. The lowest BCUT2D eigenvalue weighted by molar-refractivity contribution is -0.150. The summed E-state index contributed by atoms with van der Waals surface area (Å²) < 4.78 is 10.2. The van der Waals surface area contributed by atoms with E-state index in [2.05, 4.69) is 9.97 Å². The molecule has 0 spiro atoms. The number of hydrogen-bond donors (Lipinski definition) is 2. The Hall–Kier alpha value is -2.09. The van der Waals surface area contributed by atoms with Crippen LogP contribution in [0.4, 0.5) is 11.8 Å². The van der Waals surface area contributed by atoms with Crippen molar-refractivity contribution in [2.75, 3.05) is 44.5 Å². The van der Waals surface area contributed by atoms with Gasteiger partial charge >= 0.3 is 5.97 Å². The van der Waals surface area contributed by atoms with Crippen molar-refractivity contribution in [1.82, 2.24) is 9.97 Å². The molecule has 1 aromatic heterocycles. The number of piperidine rings is 1. The van der Waals surface area contributed by atoms with Gasteiger partial charge in [0.2, 0.25) is 11.8 Å². The summed E-state index contributed by atoms with van der Waals surface area (Å²) in [4.78, 5) is 21.9. The van der Waals surface area contributed by atoms with E-state index < -0.39 is 11.4 Å². The zero-order valence-electron chi connectivity index (χ0n) is 12.9. The number of carboxylic acid groups (broad SMARTS) is 1. The molecule has 8 heteroatoms. The third-order valence-corrected chi connectivity index (χ3v) is 4.05. The number of carbonyl (C=O) groups is 1. The maximum Gasteiger partial charge on any atom is 0.311 e. The Morgan fingerprint density at radius 2 is 2.27 bits per heavy atom. The molecule has 2 rings (SSSR count). The van der Waals surface area contributed by atoms with E-state index in [0.717, 1.165) is 13.0 Å². The van der Waals surface area contributed by atoms with Crippen LogP contribution < -0.4 is 15.4 Å². The quantitative estimate of drug-likeness (QED) is 0.793. The summed E-state index contributed by atoms with van der Waals surface area (Å²) in [6.45, 7) is 1.50. The van der Waals surface area contributed by atoms with Gasteiger partial charge in [-0.15, -0.1) is 0 Å². The second-order valence-electron chi connectivity index (χ2n) is 5.48. The number of anilines is 2. The van der Waals surface area contributed by atoms with Crippen LogP contribution in [0.25, 0.3) is 0 Å². The van der Waals surface area contributed by atoms with Crippen molar-refractivity contribution in [1.29, 1.82) is 0 Å². The van der Waals surface area contributed by atoms with Gasteiger partial charge in [-0.1, -0.05) is 0 Å². The number of nitrogen functional groups attached to an aromatic ring is 1. The van der Waals surface area contributed by atoms with Gasteiger partial charge in [0.1, 0.15) is 5.82 Å². The van der Waals surface area contributed by atoms with E-state index in [1.807, 2.05) is 4.90 Å². The molecule has 1 saturated heterocycles. The van der Waals surface area contributed by atoms with E-state index in [0.29, 0.717) is 37.7 Å². The van der Waals surface area contributed by atoms with E-state index in [-0.39, 0.29) is 5.95 Å². The van der Waals surface area contributed by atoms with Crippen molar-refractivity contribution >= 4 is 17.7 Å². The van der Waals surface area contributed by atoms with E-state index in [1.165, 1.54) is 7.11 Å². The Morgan fingerprint density at radius 3 is 2.91 bits per heavy atom. The Morgan fingerprint density at radius 1 is 1.50 bits per heavy atom. The van der Waals surface area contributed by atoms with Gasteiger partial charge in [0.15, 0.2) is 0 Å². The fourth-order valence-electron chi connectivity index (χ4n) is 2.81. The third kappa shape index (κ3) is 3.38. The third-order valence-electron chi connectivity index (χ3n) is 4.05. The number of rotatable bonds is 6. The van der Waals surface area contributed by atoms with Crippen molar-refractivity contribution < 1.29 is 19.4 Å². The first-order chi connectivity index (χ1) is 10.5. The van der Waals surface area contributed by atoms with Crippen molar-refractivity contribution in [2.45, 2.75) is 19.3 Å². The van der Waals surface area contributed by atoms with Crippen molar-refractivity contribution in [3.63, 3.8) is 0 Å². The topological polar surface area (TPSA) is 111 Å². The van der Waals surface area contributed by atoms with Crippen LogP contribution in [0.5, 0.6) is 5.88 Å². The van der Waals surface area contributed by atoms with Gasteiger partial charge in [0.05, 0.1) is 12.5 Å². The fraction of sp³-hybridized carbons (Fsp3) is 0.643. The minimum atomic E-state index is -0.832. The number of aromatic nitrogens is 2. The molecule has 0 bridgehead atoms. The lowest BCUT2D eigenvalue weighted by Gasteiger charge is -2.40. The molecule has 1 atom stereocenters. The van der Waals surface area contributed by atoms with Crippen molar-refractivity contribution in [2.24, 2.45) is 5.41 Å². The molecular weight excluding hydrogens is 288 g/mol. The molecule has 0 unspecified atom stereocenters. The minimum absolute atomic E-state index is 0.109. The molecule has 0 amide bonds. The molecule has 1 aliphatic rings. The number of methoxy groups -OCH3 is 2. The number of nitrogens with two attached hydrogens (primary N) is 1. The Balaban J connectivity index is 2.25. The number of carboxylic acids is 1. The summed E-state index contributed by atoms with van der Waals surface area (Å²) >= 11 is 0. The zero-order valence-corrected chi connectivity index (χ0v) is 12.9. The van der Waals surface area contributed by atoms with E-state index in [9.17, 15) is 9.90 Å². The van der Waals surface area contributed by atoms with Crippen LogP contribution in [0, 0.1) is 5.41 Å². The lowest BCUT2D eigenvalue weighted by atomic mass is 9.77. The highest BCUT2D eigenvalue weighted by atomic mass is 16.5. The summed E-state index contributed by atoms with van der Waals surface area (Å²) in [7, 11) is 3.08. The molecule has 0 aliphatic carbocycles. The summed E-state index contributed by atoms with van der Waals surface area (Å²) in [6, 6.07) is 1.67. The molecule has 0 saturated carbocycles. The van der Waals surface area contributed by atoms with Crippen LogP contribution in [0.2, 0.25) is 0 Å². The first kappa shape index (κ1) is 16.3. The summed E-state index contributed by atoms with van der Waals surface area (Å²) in [5, 5.41) is 9.67. The Bertz CT molecular complexity index is 540. The largest absolute Gasteiger partial charge is 0.481 e. The van der Waals surface area contributed by atoms with Crippen LogP contribution in [0.3, 0.4) is 0 Å². The lowest BCUT2D eigenvalue weighted by Crippen LogP contribution is -2.48. The first-order valence-electron chi connectivity index (χ1n) is 7.16. The monoisotopic (exact) mass is 310 g/mol. The van der Waals surface area contributed by atoms with Crippen molar-refractivity contribution in [3.8, 4) is 5.88 Å². The van der Waals surface area contributed by atoms with Crippen LogP contribution in [-0.4, -0.2) is 55.0 Å². The second-order valence-corrected chi connectivity index (χ2v) is 5.48. The molecule has 122 valence electrons. The van der Waals surface area contributed by atoms with Gasteiger partial charge in [-0.25, -0.2) is 0 Å². The molecule has 8 nitrogen and oxygen atoms in total. The molecule has 1 fully saturated rings. The molecule has 0 radical (unpaired) electrons. The second kappa shape index (κ2) is 6.78. The normalized spacial score (nSPS) is 21.6. The minimum Gasteiger partial charge on any atom is -0.481 e. The number of hydrogen-bond acceptors (Lipinski definition) is 7. The van der Waals surface area contributed by atoms with E-state index in [1.54, 1.807) is 13.2 Å². The molecule has 3 N–H and O–H groups in total. The number of aliphatic carboxylic acids is 1. The smallest absolute Gasteiger partial charge is 0.311 e. The molecular formula is C14H22N4O4. The summed E-state index contributed by atoms with van der Waals surface area (Å²) in [6.07, 6.45) is 1.86. The molecule has 1 aliphatic heterocycles. The van der Waals surface area contributed by atoms with E-state index >= 15 is 0 Å². The van der Waals surface area contributed by atoms with Gasteiger partial charge in [-0.2, -0.15) is 9.97 Å². The first-order valence-corrected chi connectivity index (χ1v) is 7.16. The Labute approximate surface area is 129 Å². The van der Waals surface area contributed by atoms with Gasteiger partial charge in [-0.3, -0.25) is 4.79 Å². The molecule has 0 aromatic carbocycles. The number of nitrogens with zero attached hydrogens (tertiary/aromatic N) is 3.